The second kappa shape index (κ2) is 27.7. The van der Waals surface area contributed by atoms with Gasteiger partial charge in [0.1, 0.15) is 0 Å². The van der Waals surface area contributed by atoms with Gasteiger partial charge in [-0.05, 0) is 12.8 Å². The molecule has 0 aromatic rings. The maximum Gasteiger partial charge on any atom is 1.00 e. The molecule has 0 aromatic heterocycles. The van der Waals surface area contributed by atoms with Crippen LogP contribution >= 0.6 is 0 Å². The maximum atomic E-state index is 13.2. The molecule has 0 rings (SSSR count). The van der Waals surface area contributed by atoms with E-state index in [1.165, 1.54) is 89.9 Å². The van der Waals surface area contributed by atoms with E-state index in [-0.39, 0.29) is 14.5 Å². The fourth-order valence-corrected chi connectivity index (χ4v) is 3.95. The highest BCUT2D eigenvalue weighted by molar-refractivity contribution is 7.85. The summed E-state index contributed by atoms with van der Waals surface area (Å²) >= 11 is 0. The Hall–Kier alpha value is -0.430. The number of hydrogen-bond donors (Lipinski definition) is 1. The number of halogens is 3. The average Bonchev–Trinajstić information content (AvgIpc) is 2.77. The Morgan fingerprint density at radius 2 is 0.769 bits per heavy atom. The first-order valence-corrected chi connectivity index (χ1v) is 18.3. The zero-order valence-corrected chi connectivity index (χ0v) is 26.6. The molecular weight excluding hydrogens is 555 g/mol. The minimum absolute atomic E-state index is 0. The Morgan fingerprint density at radius 1 is 0.590 bits per heavy atom. The van der Waals surface area contributed by atoms with E-state index in [1.807, 2.05) is 0 Å². The highest BCUT2D eigenvalue weighted by Gasteiger charge is 2.35. The molecule has 0 heterocycles. The van der Waals surface area contributed by atoms with Crippen LogP contribution in [0, 0.1) is 0 Å². The molecule has 39 heavy (non-hydrogen) atoms. The summed E-state index contributed by atoms with van der Waals surface area (Å²) in [4.78, 5) is 0.752. The molecule has 1 N–H and O–H groups in total. The van der Waals surface area contributed by atoms with Crippen LogP contribution in [0.25, 0.3) is 0 Å². The minimum atomic E-state index is -4.17. The summed E-state index contributed by atoms with van der Waals surface area (Å²) in [6, 6.07) is 0. The molecule has 0 aliphatic heterocycles. The van der Waals surface area contributed by atoms with Crippen LogP contribution < -0.4 is 0 Å². The van der Waals surface area contributed by atoms with Gasteiger partial charge in [-0.15, -0.1) is 0 Å². The van der Waals surface area contributed by atoms with E-state index < -0.39 is 26.5 Å². The van der Waals surface area contributed by atoms with Crippen molar-refractivity contribution in [1.82, 2.24) is 4.90 Å². The quantitative estimate of drug-likeness (QED) is 0.0740. The maximum absolute atomic E-state index is 13.2. The SMILES string of the molecule is CCCCCCCCCCCCN(CCCCCCCCCCCC)C(F)(F)F.CS(=O)(=O)O.CS(=O)(=O)[O-].[H+]. The van der Waals surface area contributed by atoms with Crippen molar-refractivity contribution in [2.45, 2.75) is 149 Å². The van der Waals surface area contributed by atoms with E-state index in [9.17, 15) is 21.6 Å². The molecule has 0 bridgehead atoms. The van der Waals surface area contributed by atoms with Gasteiger partial charge in [-0.2, -0.15) is 21.6 Å². The van der Waals surface area contributed by atoms with Gasteiger partial charge in [0, 0.05) is 19.3 Å². The van der Waals surface area contributed by atoms with Crippen molar-refractivity contribution in [3.8, 4) is 0 Å². The van der Waals surface area contributed by atoms with Crippen molar-refractivity contribution < 1.29 is 40.5 Å². The number of hydrogen-bond acceptors (Lipinski definition) is 6. The average molecular weight is 614 g/mol. The van der Waals surface area contributed by atoms with Gasteiger partial charge in [-0.3, -0.25) is 4.55 Å². The van der Waals surface area contributed by atoms with Crippen LogP contribution in [0.4, 0.5) is 13.2 Å². The normalized spacial score (nSPS) is 12.1. The molecule has 0 fully saturated rings. The first kappa shape index (κ1) is 43.0. The summed E-state index contributed by atoms with van der Waals surface area (Å²) in [6.45, 7) is 4.80. The summed E-state index contributed by atoms with van der Waals surface area (Å²) in [5.41, 5.74) is 0. The summed E-state index contributed by atoms with van der Waals surface area (Å²) in [7, 11) is -7.58. The molecule has 0 aliphatic carbocycles. The lowest BCUT2D eigenvalue weighted by Gasteiger charge is -2.24. The number of alkyl halides is 3. The van der Waals surface area contributed by atoms with Crippen molar-refractivity contribution >= 4 is 20.2 Å². The first-order chi connectivity index (χ1) is 18.0. The second-order valence-electron chi connectivity index (χ2n) is 10.3. The van der Waals surface area contributed by atoms with Gasteiger partial charge in [0.2, 0.25) is 0 Å². The van der Waals surface area contributed by atoms with E-state index in [0.29, 0.717) is 25.4 Å². The van der Waals surface area contributed by atoms with E-state index in [0.717, 1.165) is 30.6 Å². The molecule has 0 saturated heterocycles. The lowest BCUT2D eigenvalue weighted by molar-refractivity contribution is -0.246. The molecule has 7 nitrogen and oxygen atoms in total. The fourth-order valence-electron chi connectivity index (χ4n) is 3.95. The molecule has 0 unspecified atom stereocenters. The molecule has 0 saturated carbocycles. The third-order valence-electron chi connectivity index (χ3n) is 5.92. The van der Waals surface area contributed by atoms with Gasteiger partial charge >= 0.3 is 7.73 Å². The molecule has 0 aromatic carbocycles. The third kappa shape index (κ3) is 54.4. The van der Waals surface area contributed by atoms with Crippen molar-refractivity contribution in [1.29, 1.82) is 0 Å². The van der Waals surface area contributed by atoms with E-state index in [2.05, 4.69) is 13.8 Å². The van der Waals surface area contributed by atoms with E-state index in [4.69, 9.17) is 17.5 Å². The van der Waals surface area contributed by atoms with Gasteiger partial charge in [-0.25, -0.2) is 13.3 Å². The van der Waals surface area contributed by atoms with Gasteiger partial charge < -0.3 is 4.55 Å². The summed E-state index contributed by atoms with van der Waals surface area (Å²) in [5.74, 6) is 0. The predicted octanol–water partition coefficient (Wildman–Crippen LogP) is 8.43. The largest absolute Gasteiger partial charge is 1.00 e. The Balaban J connectivity index is -0.000000499. The third-order valence-corrected chi connectivity index (χ3v) is 5.92. The second-order valence-corrected chi connectivity index (χ2v) is 13.1. The predicted molar refractivity (Wildman–Crippen MR) is 156 cm³/mol. The monoisotopic (exact) mass is 613 g/mol. The zero-order chi connectivity index (χ0) is 30.6. The van der Waals surface area contributed by atoms with Crippen LogP contribution in [0.3, 0.4) is 0 Å². The van der Waals surface area contributed by atoms with E-state index in [1.54, 1.807) is 0 Å². The fraction of sp³-hybridized carbons (Fsp3) is 1.00. The standard InChI is InChI=1S/C25H50F3N.2CH4O3S/c1-3-5-7-9-11-13-15-17-19-21-23-29(25(26,27)28)24-22-20-18-16-14-12-10-8-6-4-2;2*1-5(2,3)4/h3-24H2,1-2H3;2*1H3,(H,2,3,4). The highest BCUT2D eigenvalue weighted by atomic mass is 32.2. The van der Waals surface area contributed by atoms with Gasteiger partial charge in [0.15, 0.2) is 0 Å². The molecule has 0 atom stereocenters. The number of unbranched alkanes of at least 4 members (excludes halogenated alkanes) is 18. The topological polar surface area (TPSA) is 115 Å². The smallest absolute Gasteiger partial charge is 0.748 e. The zero-order valence-electron chi connectivity index (χ0n) is 25.9. The lowest BCUT2D eigenvalue weighted by atomic mass is 10.1. The number of rotatable bonds is 22. The molecule has 0 amide bonds. The van der Waals surface area contributed by atoms with Crippen LogP contribution in [0.5, 0.6) is 0 Å². The molecule has 0 spiro atoms. The van der Waals surface area contributed by atoms with Crippen molar-refractivity contribution in [3.05, 3.63) is 0 Å². The summed E-state index contributed by atoms with van der Waals surface area (Å²) < 4.78 is 92.7. The molecule has 240 valence electrons. The highest BCUT2D eigenvalue weighted by Crippen LogP contribution is 2.23. The van der Waals surface area contributed by atoms with E-state index >= 15 is 0 Å². The summed E-state index contributed by atoms with van der Waals surface area (Å²) in [5, 5.41) is 0. The lowest BCUT2D eigenvalue weighted by Crippen LogP contribution is -2.39. The van der Waals surface area contributed by atoms with Gasteiger partial charge in [0.05, 0.1) is 16.4 Å². The molecule has 0 aliphatic rings. The van der Waals surface area contributed by atoms with Crippen LogP contribution in [-0.2, 0) is 20.2 Å². The van der Waals surface area contributed by atoms with Crippen LogP contribution in [0.15, 0.2) is 0 Å². The van der Waals surface area contributed by atoms with Crippen molar-refractivity contribution in [2.24, 2.45) is 0 Å². The molecule has 0 radical (unpaired) electrons. The molecular formula is C27H58F3NO6S2. The Labute approximate surface area is 239 Å². The van der Waals surface area contributed by atoms with Crippen LogP contribution in [0.2, 0.25) is 0 Å². The Bertz CT molecular complexity index is 654. The van der Waals surface area contributed by atoms with Crippen molar-refractivity contribution in [2.75, 3.05) is 25.6 Å². The Morgan fingerprint density at radius 3 is 0.949 bits per heavy atom. The van der Waals surface area contributed by atoms with Gasteiger partial charge in [0.25, 0.3) is 10.1 Å². The Kier molecular flexibility index (Phi) is 30.6. The summed E-state index contributed by atoms with van der Waals surface area (Å²) in [6.07, 6.45) is 20.4. The first-order valence-electron chi connectivity index (χ1n) is 14.7. The van der Waals surface area contributed by atoms with Gasteiger partial charge in [-0.1, -0.05) is 129 Å². The van der Waals surface area contributed by atoms with Crippen LogP contribution in [-0.4, -0.2) is 62.7 Å². The van der Waals surface area contributed by atoms with Crippen LogP contribution in [0.1, 0.15) is 144 Å². The minimum Gasteiger partial charge on any atom is -0.748 e. The van der Waals surface area contributed by atoms with Crippen molar-refractivity contribution in [3.63, 3.8) is 0 Å². The number of nitrogens with zero attached hydrogens (tertiary/aromatic N) is 1. The molecule has 12 heteroatoms.